The van der Waals surface area contributed by atoms with Gasteiger partial charge in [-0.25, -0.2) is 4.98 Å². The van der Waals surface area contributed by atoms with Gasteiger partial charge in [-0.3, -0.25) is 0 Å². The zero-order valence-corrected chi connectivity index (χ0v) is 18.9. The molecule has 0 radical (unpaired) electrons. The highest BCUT2D eigenvalue weighted by Crippen LogP contribution is 2.36. The number of tetrazole rings is 1. The molecule has 4 aromatic rings. The average Bonchev–Trinajstić information content (AvgIpc) is 3.42. The lowest BCUT2D eigenvalue weighted by molar-refractivity contribution is 0.412. The van der Waals surface area contributed by atoms with Gasteiger partial charge in [0, 0.05) is 22.4 Å². The Morgan fingerprint density at radius 2 is 1.97 bits per heavy atom. The number of hydrogen-bond donors (Lipinski definition) is 0. The summed E-state index contributed by atoms with van der Waals surface area (Å²) < 4.78 is 5.20. The number of methoxy groups -OCH3 is 1. The lowest BCUT2D eigenvalue weighted by Crippen LogP contribution is -2.08. The van der Waals surface area contributed by atoms with E-state index in [2.05, 4.69) is 39.6 Å². The van der Waals surface area contributed by atoms with Crippen LogP contribution in [0.5, 0.6) is 5.75 Å². The third-order valence-corrected chi connectivity index (χ3v) is 6.56. The maximum absolute atomic E-state index is 5.20. The summed E-state index contributed by atoms with van der Waals surface area (Å²) in [7, 11) is 1.66. The SMILES string of the molecule is COc1ccc(Cn2nnc(-c3ccc(C)c(C#Cc4nc(C5CCC5)cs4)c3)n2)cc1. The van der Waals surface area contributed by atoms with Crippen LogP contribution in [-0.2, 0) is 6.54 Å². The van der Waals surface area contributed by atoms with Gasteiger partial charge in [0.25, 0.3) is 0 Å². The van der Waals surface area contributed by atoms with Crippen molar-refractivity contribution in [2.45, 2.75) is 38.6 Å². The van der Waals surface area contributed by atoms with E-state index < -0.39 is 0 Å². The first-order valence-electron chi connectivity index (χ1n) is 10.7. The van der Waals surface area contributed by atoms with E-state index in [4.69, 9.17) is 9.72 Å². The van der Waals surface area contributed by atoms with Crippen molar-refractivity contribution in [1.29, 1.82) is 0 Å². The normalized spacial score (nSPS) is 13.3. The van der Waals surface area contributed by atoms with Gasteiger partial charge in [0.05, 0.1) is 19.3 Å². The summed E-state index contributed by atoms with van der Waals surface area (Å²) in [6.45, 7) is 2.60. The molecule has 32 heavy (non-hydrogen) atoms. The Morgan fingerprint density at radius 3 is 2.72 bits per heavy atom. The van der Waals surface area contributed by atoms with Crippen LogP contribution in [0.4, 0.5) is 0 Å². The van der Waals surface area contributed by atoms with Crippen LogP contribution in [-0.4, -0.2) is 32.3 Å². The van der Waals surface area contributed by atoms with Crippen LogP contribution in [0.2, 0.25) is 0 Å². The van der Waals surface area contributed by atoms with Gasteiger partial charge >= 0.3 is 0 Å². The molecule has 7 heteroatoms. The molecule has 160 valence electrons. The van der Waals surface area contributed by atoms with Gasteiger partial charge in [-0.1, -0.05) is 36.6 Å². The molecule has 0 bridgehead atoms. The second-order valence-corrected chi connectivity index (χ2v) is 8.83. The Morgan fingerprint density at radius 1 is 1.12 bits per heavy atom. The summed E-state index contributed by atoms with van der Waals surface area (Å²) >= 11 is 1.63. The fraction of sp³-hybridized carbons (Fsp3) is 0.280. The third-order valence-electron chi connectivity index (χ3n) is 5.78. The van der Waals surface area contributed by atoms with Crippen LogP contribution in [0.1, 0.15) is 52.6 Å². The predicted molar refractivity (Wildman–Crippen MR) is 125 cm³/mol. The van der Waals surface area contributed by atoms with E-state index >= 15 is 0 Å². The molecule has 0 atom stereocenters. The molecule has 1 fully saturated rings. The van der Waals surface area contributed by atoms with Crippen molar-refractivity contribution in [3.8, 4) is 29.0 Å². The largest absolute Gasteiger partial charge is 0.497 e. The number of rotatable bonds is 5. The zero-order chi connectivity index (χ0) is 21.9. The molecule has 0 N–H and O–H groups in total. The van der Waals surface area contributed by atoms with Crippen molar-refractivity contribution in [1.82, 2.24) is 25.2 Å². The summed E-state index contributed by atoms with van der Waals surface area (Å²) in [6, 6.07) is 13.9. The second kappa shape index (κ2) is 8.93. The Bertz CT molecular complexity index is 1290. The number of benzene rings is 2. The molecule has 2 aromatic heterocycles. The molecule has 1 aliphatic rings. The highest BCUT2D eigenvalue weighted by molar-refractivity contribution is 7.10. The monoisotopic (exact) mass is 441 g/mol. The van der Waals surface area contributed by atoms with E-state index in [1.165, 1.54) is 25.0 Å². The lowest BCUT2D eigenvalue weighted by atomic mass is 9.83. The van der Waals surface area contributed by atoms with Gasteiger partial charge in [-0.2, -0.15) is 4.80 Å². The van der Waals surface area contributed by atoms with Crippen LogP contribution in [0.15, 0.2) is 47.8 Å². The molecule has 0 unspecified atom stereocenters. The summed E-state index contributed by atoms with van der Waals surface area (Å²) in [4.78, 5) is 6.31. The molecular weight excluding hydrogens is 418 g/mol. The Hall–Kier alpha value is -3.50. The van der Waals surface area contributed by atoms with Gasteiger partial charge in [0.15, 0.2) is 5.01 Å². The standard InChI is InChI=1S/C25H23N5OS/c1-17-6-9-21(14-20(17)10-13-24-26-23(16-32-24)19-4-3-5-19)25-27-29-30(28-25)15-18-7-11-22(31-2)12-8-18/h6-9,11-12,14,16,19H,3-5,15H2,1-2H3. The Labute approximate surface area is 191 Å². The minimum atomic E-state index is 0.545. The molecule has 0 spiro atoms. The molecule has 2 aromatic carbocycles. The predicted octanol–water partition coefficient (Wildman–Crippen LogP) is 4.83. The first-order chi connectivity index (χ1) is 15.7. The van der Waals surface area contributed by atoms with Crippen molar-refractivity contribution in [2.75, 3.05) is 7.11 Å². The lowest BCUT2D eigenvalue weighted by Gasteiger charge is -2.22. The third kappa shape index (κ3) is 4.41. The van der Waals surface area contributed by atoms with Crippen LogP contribution in [0, 0.1) is 18.8 Å². The number of aryl methyl sites for hydroxylation is 1. The molecule has 1 saturated carbocycles. The fourth-order valence-corrected chi connectivity index (χ4v) is 4.32. The minimum absolute atomic E-state index is 0.545. The summed E-state index contributed by atoms with van der Waals surface area (Å²) in [6.07, 6.45) is 3.82. The number of hydrogen-bond acceptors (Lipinski definition) is 6. The quantitative estimate of drug-likeness (QED) is 0.415. The summed E-state index contributed by atoms with van der Waals surface area (Å²) in [5.74, 6) is 8.57. The van der Waals surface area contributed by atoms with Crippen molar-refractivity contribution in [2.24, 2.45) is 0 Å². The van der Waals surface area contributed by atoms with Crippen molar-refractivity contribution in [3.63, 3.8) is 0 Å². The van der Waals surface area contributed by atoms with Gasteiger partial charge in [0.1, 0.15) is 5.75 Å². The topological polar surface area (TPSA) is 65.7 Å². The van der Waals surface area contributed by atoms with Crippen molar-refractivity contribution in [3.05, 3.63) is 75.2 Å². The number of ether oxygens (including phenoxy) is 1. The molecule has 6 nitrogen and oxygen atoms in total. The molecule has 2 heterocycles. The first-order valence-corrected chi connectivity index (χ1v) is 11.5. The Kier molecular flexibility index (Phi) is 5.70. The van der Waals surface area contributed by atoms with Crippen LogP contribution in [0.3, 0.4) is 0 Å². The number of aromatic nitrogens is 5. The van der Waals surface area contributed by atoms with Crippen LogP contribution >= 0.6 is 11.3 Å². The highest BCUT2D eigenvalue weighted by Gasteiger charge is 2.21. The molecular formula is C25H23N5OS. The smallest absolute Gasteiger partial charge is 0.204 e. The van der Waals surface area contributed by atoms with Gasteiger partial charge < -0.3 is 4.74 Å². The van der Waals surface area contributed by atoms with E-state index in [1.54, 1.807) is 23.2 Å². The summed E-state index contributed by atoms with van der Waals surface area (Å²) in [5, 5.41) is 16.0. The molecule has 0 aliphatic heterocycles. The van der Waals surface area contributed by atoms with E-state index in [-0.39, 0.29) is 0 Å². The van der Waals surface area contributed by atoms with Crippen molar-refractivity contribution >= 4 is 11.3 Å². The molecule has 5 rings (SSSR count). The van der Waals surface area contributed by atoms with Gasteiger partial charge in [-0.15, -0.1) is 21.5 Å². The van der Waals surface area contributed by atoms with E-state index in [1.807, 2.05) is 42.5 Å². The Balaban J connectivity index is 1.33. The van der Waals surface area contributed by atoms with Gasteiger partial charge in [0.2, 0.25) is 5.82 Å². The molecule has 1 aliphatic carbocycles. The van der Waals surface area contributed by atoms with Crippen molar-refractivity contribution < 1.29 is 4.74 Å². The van der Waals surface area contributed by atoms with E-state index in [0.717, 1.165) is 33.0 Å². The minimum Gasteiger partial charge on any atom is -0.497 e. The molecule has 0 saturated heterocycles. The maximum Gasteiger partial charge on any atom is 0.204 e. The van der Waals surface area contributed by atoms with E-state index in [9.17, 15) is 0 Å². The molecule has 0 amide bonds. The maximum atomic E-state index is 5.20. The number of thiazole rings is 1. The van der Waals surface area contributed by atoms with Crippen LogP contribution < -0.4 is 4.74 Å². The van der Waals surface area contributed by atoms with Crippen LogP contribution in [0.25, 0.3) is 11.4 Å². The number of nitrogens with zero attached hydrogens (tertiary/aromatic N) is 5. The second-order valence-electron chi connectivity index (χ2n) is 7.98. The van der Waals surface area contributed by atoms with Gasteiger partial charge in [-0.05, 0) is 60.2 Å². The zero-order valence-electron chi connectivity index (χ0n) is 18.1. The average molecular weight is 442 g/mol. The summed E-state index contributed by atoms with van der Waals surface area (Å²) in [5.41, 5.74) is 5.25. The highest BCUT2D eigenvalue weighted by atomic mass is 32.1. The van der Waals surface area contributed by atoms with E-state index in [0.29, 0.717) is 18.3 Å². The fourth-order valence-electron chi connectivity index (χ4n) is 3.57. The first kappa shape index (κ1) is 20.4.